The van der Waals surface area contributed by atoms with Crippen LogP contribution in [0.5, 0.6) is 0 Å². The number of imide groups is 1. The second kappa shape index (κ2) is 6.04. The molecule has 0 unspecified atom stereocenters. The van der Waals surface area contributed by atoms with Crippen LogP contribution in [-0.4, -0.2) is 35.2 Å². The van der Waals surface area contributed by atoms with Crippen LogP contribution >= 0.6 is 0 Å². The van der Waals surface area contributed by atoms with Crippen molar-refractivity contribution in [1.29, 1.82) is 0 Å². The average molecular weight is 364 g/mol. The summed E-state index contributed by atoms with van der Waals surface area (Å²) in [5.41, 5.74) is 1.15. The van der Waals surface area contributed by atoms with E-state index in [1.807, 2.05) is 0 Å². The Bertz CT molecular complexity index is 831. The molecule has 5 aliphatic rings. The highest BCUT2D eigenvalue weighted by Crippen LogP contribution is 2.53. The number of nitrogens with zero attached hydrogens (tertiary/aromatic N) is 1. The van der Waals surface area contributed by atoms with Gasteiger partial charge >= 0.3 is 0 Å². The number of nitrogens with one attached hydrogen (secondary N) is 1. The van der Waals surface area contributed by atoms with Gasteiger partial charge in [-0.25, -0.2) is 0 Å². The first-order valence-electron chi connectivity index (χ1n) is 9.97. The molecule has 4 aliphatic carbocycles. The minimum atomic E-state index is -0.348. The van der Waals surface area contributed by atoms with Gasteiger partial charge in [-0.2, -0.15) is 0 Å². The summed E-state index contributed by atoms with van der Waals surface area (Å²) in [4.78, 5) is 38.9. The lowest BCUT2D eigenvalue weighted by Gasteiger charge is -2.54. The van der Waals surface area contributed by atoms with E-state index < -0.39 is 0 Å². The van der Waals surface area contributed by atoms with Crippen molar-refractivity contribution in [1.82, 2.24) is 10.2 Å². The standard InChI is InChI=1S/C22H24N2O3/c1-2-5-24-21(26)17-4-3-14(11-18(17)22(24)27)20(25)23-19-15-7-12-6-13(9-15)10-16(19)8-12/h2-4,11-13,15-16,19H,1,5-10H2,(H,23,25). The van der Waals surface area contributed by atoms with Gasteiger partial charge in [0.1, 0.15) is 0 Å². The molecule has 1 heterocycles. The quantitative estimate of drug-likeness (QED) is 0.660. The van der Waals surface area contributed by atoms with Gasteiger partial charge in [0.05, 0.1) is 11.1 Å². The first-order valence-corrected chi connectivity index (χ1v) is 9.97. The summed E-state index contributed by atoms with van der Waals surface area (Å²) in [6, 6.07) is 5.09. The Morgan fingerprint density at radius 2 is 1.67 bits per heavy atom. The maximum absolute atomic E-state index is 12.9. The van der Waals surface area contributed by atoms with Gasteiger partial charge in [0.25, 0.3) is 17.7 Å². The first kappa shape index (κ1) is 16.7. The lowest BCUT2D eigenvalue weighted by Crippen LogP contribution is -2.55. The molecule has 0 aromatic heterocycles. The molecule has 5 heteroatoms. The Labute approximate surface area is 158 Å². The van der Waals surface area contributed by atoms with E-state index in [9.17, 15) is 14.4 Å². The van der Waals surface area contributed by atoms with Crippen LogP contribution in [0.2, 0.25) is 0 Å². The minimum Gasteiger partial charge on any atom is -0.349 e. The summed E-state index contributed by atoms with van der Waals surface area (Å²) in [5.74, 6) is 2.14. The fourth-order valence-electron chi connectivity index (χ4n) is 6.12. The number of amides is 3. The number of rotatable bonds is 4. The largest absolute Gasteiger partial charge is 0.349 e. The van der Waals surface area contributed by atoms with E-state index in [2.05, 4.69) is 11.9 Å². The Morgan fingerprint density at radius 1 is 1.04 bits per heavy atom. The molecule has 0 atom stereocenters. The van der Waals surface area contributed by atoms with Crippen molar-refractivity contribution in [2.75, 3.05) is 6.54 Å². The van der Waals surface area contributed by atoms with Gasteiger partial charge in [0.2, 0.25) is 0 Å². The summed E-state index contributed by atoms with van der Waals surface area (Å²) in [7, 11) is 0. The highest BCUT2D eigenvalue weighted by Gasteiger charge is 2.48. The monoisotopic (exact) mass is 364 g/mol. The summed E-state index contributed by atoms with van der Waals surface area (Å²) in [6.07, 6.45) is 7.88. The Hall–Kier alpha value is -2.43. The molecule has 1 aliphatic heterocycles. The van der Waals surface area contributed by atoms with Crippen molar-refractivity contribution in [3.8, 4) is 0 Å². The van der Waals surface area contributed by atoms with Crippen LogP contribution in [-0.2, 0) is 0 Å². The van der Waals surface area contributed by atoms with Gasteiger partial charge < -0.3 is 5.32 Å². The number of fused-ring (bicyclic) bond motifs is 1. The smallest absolute Gasteiger partial charge is 0.261 e. The highest BCUT2D eigenvalue weighted by atomic mass is 16.2. The Balaban J connectivity index is 1.36. The van der Waals surface area contributed by atoms with Gasteiger partial charge in [-0.1, -0.05) is 6.08 Å². The lowest BCUT2D eigenvalue weighted by molar-refractivity contribution is -0.0119. The molecule has 27 heavy (non-hydrogen) atoms. The molecule has 1 aromatic rings. The topological polar surface area (TPSA) is 66.5 Å². The van der Waals surface area contributed by atoms with Crippen LogP contribution in [0.15, 0.2) is 30.9 Å². The number of benzene rings is 1. The second-order valence-electron chi connectivity index (χ2n) is 8.70. The summed E-state index contributed by atoms with van der Waals surface area (Å²) < 4.78 is 0. The molecular formula is C22H24N2O3. The maximum atomic E-state index is 12.9. The number of carbonyl (C=O) groups excluding carboxylic acids is 3. The molecule has 140 valence electrons. The molecule has 1 aromatic carbocycles. The molecule has 3 amide bonds. The van der Waals surface area contributed by atoms with Crippen LogP contribution in [0.4, 0.5) is 0 Å². The third-order valence-electron chi connectivity index (χ3n) is 7.07. The maximum Gasteiger partial charge on any atom is 0.261 e. The molecule has 6 rings (SSSR count). The molecule has 1 N–H and O–H groups in total. The summed E-state index contributed by atoms with van der Waals surface area (Å²) in [5, 5.41) is 3.27. The second-order valence-corrected chi connectivity index (χ2v) is 8.70. The van der Waals surface area contributed by atoms with Crippen LogP contribution in [0.3, 0.4) is 0 Å². The molecule has 4 fully saturated rings. The van der Waals surface area contributed by atoms with Crippen molar-refractivity contribution >= 4 is 17.7 Å². The molecule has 5 nitrogen and oxygen atoms in total. The normalized spacial score (nSPS) is 33.3. The number of hydrogen-bond donors (Lipinski definition) is 1. The van der Waals surface area contributed by atoms with Crippen molar-refractivity contribution in [3.05, 3.63) is 47.5 Å². The van der Waals surface area contributed by atoms with Crippen LogP contribution < -0.4 is 5.32 Å². The van der Waals surface area contributed by atoms with Crippen LogP contribution in [0.1, 0.15) is 63.2 Å². The number of hydrogen-bond acceptors (Lipinski definition) is 3. The zero-order valence-corrected chi connectivity index (χ0v) is 15.3. The fourth-order valence-corrected chi connectivity index (χ4v) is 6.12. The lowest BCUT2D eigenvalue weighted by atomic mass is 9.54. The van der Waals surface area contributed by atoms with E-state index in [0.29, 0.717) is 28.5 Å². The van der Waals surface area contributed by atoms with E-state index in [0.717, 1.165) is 16.7 Å². The molecule has 0 saturated heterocycles. The highest BCUT2D eigenvalue weighted by molar-refractivity contribution is 6.22. The summed E-state index contributed by atoms with van der Waals surface area (Å²) >= 11 is 0. The Kier molecular flexibility index (Phi) is 3.74. The number of carbonyl (C=O) groups is 3. The SMILES string of the molecule is C=CCN1C(=O)c2ccc(C(=O)NC3C4CC5CC(C4)CC3C5)cc2C1=O. The molecule has 0 radical (unpaired) electrons. The molecule has 4 saturated carbocycles. The predicted octanol–water partition coefficient (Wildman–Crippen LogP) is 3.02. The van der Waals surface area contributed by atoms with Gasteiger partial charge in [0.15, 0.2) is 0 Å². The third kappa shape index (κ3) is 2.55. The van der Waals surface area contributed by atoms with Crippen molar-refractivity contribution < 1.29 is 14.4 Å². The van der Waals surface area contributed by atoms with Crippen molar-refractivity contribution in [2.24, 2.45) is 23.7 Å². The van der Waals surface area contributed by atoms with Gasteiger partial charge in [-0.3, -0.25) is 19.3 Å². The third-order valence-corrected chi connectivity index (χ3v) is 7.07. The van der Waals surface area contributed by atoms with Crippen LogP contribution in [0.25, 0.3) is 0 Å². The van der Waals surface area contributed by atoms with Crippen molar-refractivity contribution in [2.45, 2.75) is 38.1 Å². The molecule has 0 spiro atoms. The van der Waals surface area contributed by atoms with E-state index in [4.69, 9.17) is 0 Å². The van der Waals surface area contributed by atoms with E-state index >= 15 is 0 Å². The zero-order chi connectivity index (χ0) is 18.7. The van der Waals surface area contributed by atoms with E-state index in [-0.39, 0.29) is 30.3 Å². The summed E-state index contributed by atoms with van der Waals surface area (Å²) in [6.45, 7) is 3.77. The first-order chi connectivity index (χ1) is 13.0. The van der Waals surface area contributed by atoms with Crippen LogP contribution in [0, 0.1) is 23.7 Å². The van der Waals surface area contributed by atoms with E-state index in [1.54, 1.807) is 18.2 Å². The average Bonchev–Trinajstić information content (AvgIpc) is 2.89. The van der Waals surface area contributed by atoms with Crippen molar-refractivity contribution in [3.63, 3.8) is 0 Å². The molecule has 4 bridgehead atoms. The Morgan fingerprint density at radius 3 is 2.30 bits per heavy atom. The minimum absolute atomic E-state index is 0.127. The van der Waals surface area contributed by atoms with Gasteiger partial charge in [0, 0.05) is 18.2 Å². The predicted molar refractivity (Wildman–Crippen MR) is 100 cm³/mol. The van der Waals surface area contributed by atoms with Gasteiger partial charge in [-0.05, 0) is 74.0 Å². The van der Waals surface area contributed by atoms with Gasteiger partial charge in [-0.15, -0.1) is 6.58 Å². The van der Waals surface area contributed by atoms with E-state index in [1.165, 1.54) is 38.2 Å². The molecular weight excluding hydrogens is 340 g/mol. The fraction of sp³-hybridized carbons (Fsp3) is 0.500. The zero-order valence-electron chi connectivity index (χ0n) is 15.3.